The molecule has 0 aliphatic heterocycles. The summed E-state index contributed by atoms with van der Waals surface area (Å²) >= 11 is 3.54. The molecule has 0 atom stereocenters. The summed E-state index contributed by atoms with van der Waals surface area (Å²) in [5.41, 5.74) is 3.88. The molecule has 0 saturated carbocycles. The Labute approximate surface area is 184 Å². The summed E-state index contributed by atoms with van der Waals surface area (Å²) < 4.78 is 8.52. The molecule has 2 heterocycles. The third kappa shape index (κ3) is 5.30. The van der Waals surface area contributed by atoms with Gasteiger partial charge in [0.15, 0.2) is 11.1 Å². The third-order valence-corrected chi connectivity index (χ3v) is 5.34. The molecule has 156 valence electrons. The molecule has 1 N–H and O–H groups in total. The van der Waals surface area contributed by atoms with E-state index in [1.54, 1.807) is 31.5 Å². The van der Waals surface area contributed by atoms with Gasteiger partial charge in [-0.05, 0) is 34.0 Å². The van der Waals surface area contributed by atoms with E-state index in [0.29, 0.717) is 36.4 Å². The number of aryl methyl sites for hydroxylation is 1. The Morgan fingerprint density at radius 2 is 2.20 bits per heavy atom. The van der Waals surface area contributed by atoms with Crippen molar-refractivity contribution in [1.29, 1.82) is 0 Å². The molecule has 0 spiro atoms. The standard InChI is InChI=1S/C20H24BBrN6O2/c1-13(29)27(2)7-5-14-9-15(21)18(16(22)10-14)30-8-4-6-23-19-17-20(25-11-24-17)28(3)12-26-19/h9-12H,4-8H2,1-3H3,(H,24,25). The van der Waals surface area contributed by atoms with E-state index in [0.717, 1.165) is 34.0 Å². The lowest BCUT2D eigenvalue weighted by Crippen LogP contribution is -2.26. The van der Waals surface area contributed by atoms with E-state index >= 15 is 0 Å². The van der Waals surface area contributed by atoms with Gasteiger partial charge in [-0.15, -0.1) is 0 Å². The lowest BCUT2D eigenvalue weighted by atomic mass is 9.92. The van der Waals surface area contributed by atoms with Crippen LogP contribution in [0.25, 0.3) is 11.2 Å². The summed E-state index contributed by atoms with van der Waals surface area (Å²) in [6, 6.07) is 3.87. The van der Waals surface area contributed by atoms with Gasteiger partial charge in [0.25, 0.3) is 0 Å². The minimum atomic E-state index is 0.0419. The number of nitrogens with one attached hydrogen (secondary N) is 1. The van der Waals surface area contributed by atoms with Crippen LogP contribution in [0.3, 0.4) is 0 Å². The van der Waals surface area contributed by atoms with E-state index < -0.39 is 0 Å². The average molecular weight is 471 g/mol. The summed E-state index contributed by atoms with van der Waals surface area (Å²) in [7, 11) is 9.85. The number of ether oxygens (including phenoxy) is 1. The minimum absolute atomic E-state index is 0.0419. The Morgan fingerprint density at radius 3 is 2.93 bits per heavy atom. The van der Waals surface area contributed by atoms with Gasteiger partial charge in [0.2, 0.25) is 5.91 Å². The molecule has 8 nitrogen and oxygen atoms in total. The largest absolute Gasteiger partial charge is 0.493 e. The first-order valence-corrected chi connectivity index (χ1v) is 10.4. The fourth-order valence-electron chi connectivity index (χ4n) is 2.95. The lowest BCUT2D eigenvalue weighted by molar-refractivity contribution is -0.127. The summed E-state index contributed by atoms with van der Waals surface area (Å²) in [4.78, 5) is 29.2. The van der Waals surface area contributed by atoms with Crippen molar-refractivity contribution in [2.75, 3.05) is 26.7 Å². The van der Waals surface area contributed by atoms with E-state index in [2.05, 4.69) is 35.9 Å². The van der Waals surface area contributed by atoms with Crippen molar-refractivity contribution < 1.29 is 9.53 Å². The highest BCUT2D eigenvalue weighted by Gasteiger charge is 2.09. The normalized spacial score (nSPS) is 11.8. The van der Waals surface area contributed by atoms with Crippen LogP contribution in [0.2, 0.25) is 0 Å². The number of nitrogens with zero attached hydrogens (tertiary/aromatic N) is 5. The van der Waals surface area contributed by atoms with Gasteiger partial charge in [0, 0.05) is 40.5 Å². The van der Waals surface area contributed by atoms with Crippen LogP contribution in [0, 0.1) is 0 Å². The number of hydrogen-bond acceptors (Lipinski definition) is 5. The topological polar surface area (TPSA) is 88.4 Å². The van der Waals surface area contributed by atoms with Crippen LogP contribution < -0.4 is 15.7 Å². The summed E-state index contributed by atoms with van der Waals surface area (Å²) in [5, 5.41) is 0. The number of rotatable bonds is 8. The van der Waals surface area contributed by atoms with Crippen LogP contribution in [-0.2, 0) is 18.3 Å². The zero-order valence-electron chi connectivity index (χ0n) is 17.4. The van der Waals surface area contributed by atoms with E-state index in [9.17, 15) is 4.79 Å². The van der Waals surface area contributed by atoms with Crippen LogP contribution in [0.1, 0.15) is 18.9 Å². The van der Waals surface area contributed by atoms with E-state index in [-0.39, 0.29) is 5.91 Å². The second kappa shape index (κ2) is 9.93. The Hall–Kier alpha value is -2.62. The predicted octanol–water partition coefficient (Wildman–Crippen LogP) is 1.24. The molecule has 30 heavy (non-hydrogen) atoms. The first-order chi connectivity index (χ1) is 14.4. The quantitative estimate of drug-likeness (QED) is 0.396. The number of hydrogen-bond donors (Lipinski definition) is 1. The van der Waals surface area contributed by atoms with Crippen molar-refractivity contribution in [3.8, 4) is 5.75 Å². The Bertz CT molecular complexity index is 1090. The molecule has 0 unspecified atom stereocenters. The van der Waals surface area contributed by atoms with Crippen LogP contribution >= 0.6 is 15.9 Å². The summed E-state index contributed by atoms with van der Waals surface area (Å²) in [6.07, 6.45) is 4.78. The van der Waals surface area contributed by atoms with Gasteiger partial charge in [0.1, 0.15) is 19.1 Å². The molecule has 0 aliphatic carbocycles. The Balaban J connectivity index is 1.56. The predicted molar refractivity (Wildman–Crippen MR) is 120 cm³/mol. The Morgan fingerprint density at radius 1 is 1.40 bits per heavy atom. The van der Waals surface area contributed by atoms with Crippen molar-refractivity contribution in [2.24, 2.45) is 12.0 Å². The number of benzene rings is 1. The third-order valence-electron chi connectivity index (χ3n) is 4.75. The molecule has 2 aromatic heterocycles. The highest BCUT2D eigenvalue weighted by Crippen LogP contribution is 2.24. The number of aromatic nitrogens is 4. The summed E-state index contributed by atoms with van der Waals surface area (Å²) in [6.45, 7) is 3.24. The molecule has 2 radical (unpaired) electrons. The van der Waals surface area contributed by atoms with Gasteiger partial charge in [-0.3, -0.25) is 9.79 Å². The first kappa shape index (κ1) is 22.1. The highest BCUT2D eigenvalue weighted by atomic mass is 79.9. The zero-order valence-corrected chi connectivity index (χ0v) is 18.9. The van der Waals surface area contributed by atoms with Crippen molar-refractivity contribution >= 4 is 46.3 Å². The number of aromatic amines is 1. The molecule has 10 heteroatoms. The van der Waals surface area contributed by atoms with Crippen molar-refractivity contribution in [2.45, 2.75) is 19.8 Å². The second-order valence-corrected chi connectivity index (χ2v) is 7.90. The maximum atomic E-state index is 11.3. The SMILES string of the molecule is [B]c1cc(CCN(C)C(C)=O)cc(Br)c1OCCCN=c1ncn(C)c2nc[nH]c12. The molecule has 1 aromatic carbocycles. The molecule has 3 rings (SSSR count). The minimum Gasteiger partial charge on any atom is -0.493 e. The second-order valence-electron chi connectivity index (χ2n) is 7.05. The van der Waals surface area contributed by atoms with E-state index in [4.69, 9.17) is 12.6 Å². The smallest absolute Gasteiger partial charge is 0.219 e. The van der Waals surface area contributed by atoms with Crippen molar-refractivity contribution in [1.82, 2.24) is 24.4 Å². The number of carbonyl (C=O) groups excluding carboxylic acids is 1. The number of imidazole rings is 1. The molecule has 0 bridgehead atoms. The number of halogens is 1. The lowest BCUT2D eigenvalue weighted by Gasteiger charge is -2.16. The monoisotopic (exact) mass is 470 g/mol. The number of likely N-dealkylation sites (N-methyl/N-ethyl adjacent to an activating group) is 1. The van der Waals surface area contributed by atoms with Gasteiger partial charge in [-0.25, -0.2) is 9.97 Å². The molecule has 0 fully saturated rings. The first-order valence-electron chi connectivity index (χ1n) is 9.64. The Kier molecular flexibility index (Phi) is 7.31. The van der Waals surface area contributed by atoms with Crippen LogP contribution in [0.4, 0.5) is 0 Å². The molecule has 0 saturated heterocycles. The number of H-pyrrole nitrogens is 1. The zero-order chi connectivity index (χ0) is 21.7. The number of fused-ring (bicyclic) bond motifs is 1. The average Bonchev–Trinajstić information content (AvgIpc) is 3.20. The van der Waals surface area contributed by atoms with E-state index in [1.807, 2.05) is 23.7 Å². The van der Waals surface area contributed by atoms with Crippen LogP contribution in [-0.4, -0.2) is 64.9 Å². The van der Waals surface area contributed by atoms with E-state index in [1.165, 1.54) is 0 Å². The van der Waals surface area contributed by atoms with Gasteiger partial charge in [0.05, 0.1) is 23.7 Å². The van der Waals surface area contributed by atoms with Crippen molar-refractivity contribution in [3.63, 3.8) is 0 Å². The molecule has 0 aliphatic rings. The molecule has 1 amide bonds. The highest BCUT2D eigenvalue weighted by molar-refractivity contribution is 9.10. The fraction of sp³-hybridized carbons (Fsp3) is 0.400. The molecular weight excluding hydrogens is 447 g/mol. The maximum Gasteiger partial charge on any atom is 0.219 e. The van der Waals surface area contributed by atoms with Gasteiger partial charge < -0.3 is 19.2 Å². The van der Waals surface area contributed by atoms with Crippen molar-refractivity contribution in [3.05, 3.63) is 40.3 Å². The fourth-order valence-corrected chi connectivity index (χ4v) is 3.58. The van der Waals surface area contributed by atoms with Gasteiger partial charge in [-0.1, -0.05) is 11.5 Å². The van der Waals surface area contributed by atoms with Crippen LogP contribution in [0.15, 0.2) is 34.3 Å². The van der Waals surface area contributed by atoms with Crippen LogP contribution in [0.5, 0.6) is 5.75 Å². The number of carbonyl (C=O) groups is 1. The van der Waals surface area contributed by atoms with Gasteiger partial charge in [-0.2, -0.15) is 0 Å². The summed E-state index contributed by atoms with van der Waals surface area (Å²) in [5.74, 6) is 0.666. The maximum absolute atomic E-state index is 11.3. The molecule has 3 aromatic rings. The molecular formula is C20H24BBrN6O2. The number of amides is 1. The van der Waals surface area contributed by atoms with Gasteiger partial charge >= 0.3 is 0 Å².